The highest BCUT2D eigenvalue weighted by Crippen LogP contribution is 2.32. The third kappa shape index (κ3) is 4.77. The lowest BCUT2D eigenvalue weighted by Crippen LogP contribution is -2.36. The van der Waals surface area contributed by atoms with E-state index < -0.39 is 23.6 Å². The molecule has 19 heavy (non-hydrogen) atoms. The summed E-state index contributed by atoms with van der Waals surface area (Å²) in [5, 5.41) is 11.7. The minimum Gasteiger partial charge on any atom is -0.395 e. The van der Waals surface area contributed by atoms with Gasteiger partial charge >= 0.3 is 6.18 Å². The Balaban J connectivity index is 2.83. The van der Waals surface area contributed by atoms with Crippen molar-refractivity contribution < 1.29 is 27.4 Å². The van der Waals surface area contributed by atoms with Crippen molar-refractivity contribution >= 4 is 0 Å². The Morgan fingerprint density at radius 1 is 1.37 bits per heavy atom. The Bertz CT molecular complexity index is 409. The van der Waals surface area contributed by atoms with Crippen LogP contribution in [-0.2, 0) is 17.5 Å². The quantitative estimate of drug-likeness (QED) is 0.783. The number of alkyl halides is 3. The van der Waals surface area contributed by atoms with Gasteiger partial charge in [-0.2, -0.15) is 13.2 Å². The monoisotopic (exact) mass is 281 g/mol. The molecule has 0 aliphatic rings. The second-order valence-corrected chi connectivity index (χ2v) is 4.01. The van der Waals surface area contributed by atoms with Gasteiger partial charge in [0.05, 0.1) is 24.8 Å². The van der Waals surface area contributed by atoms with Crippen molar-refractivity contribution in [3.63, 3.8) is 0 Å². The zero-order valence-electron chi connectivity index (χ0n) is 10.3. The molecule has 0 aromatic heterocycles. The number of hydrogen-bond acceptors (Lipinski definition) is 3. The summed E-state index contributed by atoms with van der Waals surface area (Å²) in [6.07, 6.45) is -4.62. The van der Waals surface area contributed by atoms with Crippen LogP contribution in [0, 0.1) is 5.82 Å². The smallest absolute Gasteiger partial charge is 0.395 e. The number of halogens is 4. The first-order valence-corrected chi connectivity index (χ1v) is 5.57. The van der Waals surface area contributed by atoms with Crippen molar-refractivity contribution in [1.82, 2.24) is 5.32 Å². The molecule has 0 fully saturated rings. The van der Waals surface area contributed by atoms with E-state index in [-0.39, 0.29) is 25.3 Å². The molecule has 0 amide bonds. The summed E-state index contributed by atoms with van der Waals surface area (Å²) >= 11 is 0. The van der Waals surface area contributed by atoms with Gasteiger partial charge in [-0.05, 0) is 17.7 Å². The predicted octanol–water partition coefficient (Wildman–Crippen LogP) is 1.94. The van der Waals surface area contributed by atoms with Crippen molar-refractivity contribution in [3.8, 4) is 0 Å². The predicted molar refractivity (Wildman–Crippen MR) is 61.0 cm³/mol. The van der Waals surface area contributed by atoms with E-state index in [0.717, 1.165) is 12.1 Å². The first kappa shape index (κ1) is 15.9. The van der Waals surface area contributed by atoms with Crippen LogP contribution in [-0.4, -0.2) is 31.5 Å². The van der Waals surface area contributed by atoms with E-state index in [1.807, 2.05) is 0 Å². The fourth-order valence-electron chi connectivity index (χ4n) is 1.60. The number of hydrogen-bond donors (Lipinski definition) is 2. The Labute approximate surface area is 108 Å². The molecule has 1 aromatic carbocycles. The van der Waals surface area contributed by atoms with Crippen LogP contribution < -0.4 is 5.32 Å². The lowest BCUT2D eigenvalue weighted by molar-refractivity contribution is -0.138. The van der Waals surface area contributed by atoms with Gasteiger partial charge in [-0.3, -0.25) is 0 Å². The van der Waals surface area contributed by atoms with Gasteiger partial charge in [0.1, 0.15) is 5.82 Å². The van der Waals surface area contributed by atoms with E-state index in [1.54, 1.807) is 0 Å². The molecule has 7 heteroatoms. The highest BCUT2D eigenvalue weighted by Gasteiger charge is 2.33. The van der Waals surface area contributed by atoms with Gasteiger partial charge in [-0.25, -0.2) is 4.39 Å². The number of methoxy groups -OCH3 is 1. The van der Waals surface area contributed by atoms with Crippen LogP contribution in [0.5, 0.6) is 0 Å². The fourth-order valence-corrected chi connectivity index (χ4v) is 1.60. The Hall–Kier alpha value is -1.18. The summed E-state index contributed by atoms with van der Waals surface area (Å²) in [6, 6.07) is 2.03. The van der Waals surface area contributed by atoms with Gasteiger partial charge in [-0.1, -0.05) is 6.07 Å². The van der Waals surface area contributed by atoms with Gasteiger partial charge in [0, 0.05) is 13.7 Å². The minimum absolute atomic E-state index is 0.0801. The normalized spacial score (nSPS) is 13.6. The number of benzene rings is 1. The molecule has 1 rings (SSSR count). The van der Waals surface area contributed by atoms with Crippen molar-refractivity contribution in [2.75, 3.05) is 20.3 Å². The second-order valence-electron chi connectivity index (χ2n) is 4.01. The maximum atomic E-state index is 12.9. The molecular formula is C12H15F4NO2. The van der Waals surface area contributed by atoms with E-state index in [1.165, 1.54) is 7.11 Å². The zero-order valence-corrected chi connectivity index (χ0v) is 10.3. The third-order valence-corrected chi connectivity index (χ3v) is 2.55. The molecule has 2 N–H and O–H groups in total. The van der Waals surface area contributed by atoms with E-state index in [9.17, 15) is 17.6 Å². The molecule has 108 valence electrons. The number of aliphatic hydroxyl groups excluding tert-OH is 1. The average Bonchev–Trinajstić information content (AvgIpc) is 2.34. The largest absolute Gasteiger partial charge is 0.416 e. The number of nitrogens with one attached hydrogen (secondary N) is 1. The van der Waals surface area contributed by atoms with Gasteiger partial charge in [0.25, 0.3) is 0 Å². The third-order valence-electron chi connectivity index (χ3n) is 2.55. The summed E-state index contributed by atoms with van der Waals surface area (Å²) in [5.41, 5.74) is -1.10. The molecule has 1 unspecified atom stereocenters. The summed E-state index contributed by atoms with van der Waals surface area (Å²) in [6.45, 7) is -0.237. The van der Waals surface area contributed by atoms with E-state index in [4.69, 9.17) is 9.84 Å². The number of ether oxygens (including phenoxy) is 1. The molecular weight excluding hydrogens is 266 g/mol. The highest BCUT2D eigenvalue weighted by atomic mass is 19.4. The molecule has 0 saturated heterocycles. The molecule has 0 bridgehead atoms. The van der Waals surface area contributed by atoms with Crippen LogP contribution in [0.25, 0.3) is 0 Å². The highest BCUT2D eigenvalue weighted by molar-refractivity contribution is 5.30. The molecule has 1 atom stereocenters. The van der Waals surface area contributed by atoms with Gasteiger partial charge < -0.3 is 15.2 Å². The minimum atomic E-state index is -4.62. The molecule has 3 nitrogen and oxygen atoms in total. The molecule has 0 heterocycles. The van der Waals surface area contributed by atoms with Crippen LogP contribution in [0.4, 0.5) is 17.6 Å². The number of rotatable bonds is 6. The molecule has 0 radical (unpaired) electrons. The Morgan fingerprint density at radius 3 is 2.58 bits per heavy atom. The summed E-state index contributed by atoms with van der Waals surface area (Å²) in [7, 11) is 1.42. The van der Waals surface area contributed by atoms with Crippen LogP contribution in [0.3, 0.4) is 0 Å². The van der Waals surface area contributed by atoms with E-state index >= 15 is 0 Å². The van der Waals surface area contributed by atoms with E-state index in [2.05, 4.69) is 5.32 Å². The van der Waals surface area contributed by atoms with Crippen LogP contribution in [0.15, 0.2) is 18.2 Å². The summed E-state index contributed by atoms with van der Waals surface area (Å²) in [4.78, 5) is 0. The maximum Gasteiger partial charge on any atom is 0.416 e. The van der Waals surface area contributed by atoms with Crippen molar-refractivity contribution in [1.29, 1.82) is 0 Å². The zero-order chi connectivity index (χ0) is 14.5. The Kier molecular flexibility index (Phi) is 5.71. The fraction of sp³-hybridized carbons (Fsp3) is 0.500. The second kappa shape index (κ2) is 6.83. The van der Waals surface area contributed by atoms with Crippen LogP contribution >= 0.6 is 0 Å². The topological polar surface area (TPSA) is 41.5 Å². The molecule has 0 spiro atoms. The van der Waals surface area contributed by atoms with Gasteiger partial charge in [0.2, 0.25) is 0 Å². The molecule has 1 aromatic rings. The van der Waals surface area contributed by atoms with Crippen LogP contribution in [0.1, 0.15) is 11.1 Å². The standard InChI is InChI=1S/C12H15F4NO2/c1-19-7-10(6-18)17-5-8-2-3-9(13)4-11(8)12(14,15)16/h2-4,10,17-18H,5-7H2,1H3. The maximum absolute atomic E-state index is 12.9. The van der Waals surface area contributed by atoms with Gasteiger partial charge in [0.15, 0.2) is 0 Å². The van der Waals surface area contributed by atoms with E-state index in [0.29, 0.717) is 6.07 Å². The SMILES string of the molecule is COCC(CO)NCc1ccc(F)cc1C(F)(F)F. The molecule has 0 saturated carbocycles. The summed E-state index contributed by atoms with van der Waals surface area (Å²) < 4.78 is 55.8. The Morgan fingerprint density at radius 2 is 2.05 bits per heavy atom. The molecule has 0 aliphatic heterocycles. The lowest BCUT2D eigenvalue weighted by Gasteiger charge is -2.18. The van der Waals surface area contributed by atoms with Crippen molar-refractivity contribution in [2.24, 2.45) is 0 Å². The van der Waals surface area contributed by atoms with Crippen LogP contribution in [0.2, 0.25) is 0 Å². The first-order valence-electron chi connectivity index (χ1n) is 5.57. The van der Waals surface area contributed by atoms with Gasteiger partial charge in [-0.15, -0.1) is 0 Å². The van der Waals surface area contributed by atoms with Crippen molar-refractivity contribution in [3.05, 3.63) is 35.1 Å². The first-order chi connectivity index (χ1) is 8.88. The number of aliphatic hydroxyl groups is 1. The lowest BCUT2D eigenvalue weighted by atomic mass is 10.1. The average molecular weight is 281 g/mol. The summed E-state index contributed by atoms with van der Waals surface area (Å²) in [5.74, 6) is -0.938. The van der Waals surface area contributed by atoms with Crippen molar-refractivity contribution in [2.45, 2.75) is 18.8 Å². The molecule has 0 aliphatic carbocycles.